The number of hydrogen-bond acceptors (Lipinski definition) is 13. The Morgan fingerprint density at radius 2 is 1.43 bits per heavy atom. The van der Waals surface area contributed by atoms with Crippen LogP contribution in [0.25, 0.3) is 0 Å². The number of carbonyl (C=O) groups is 2. The van der Waals surface area contributed by atoms with Gasteiger partial charge in [0.2, 0.25) is 0 Å². The number of carbonyl (C=O) groups excluding carboxylic acids is 2. The van der Waals surface area contributed by atoms with Crippen LogP contribution >= 0.6 is 0 Å². The van der Waals surface area contributed by atoms with E-state index in [0.29, 0.717) is 12.8 Å². The van der Waals surface area contributed by atoms with E-state index in [1.807, 2.05) is 13.8 Å². The normalized spacial score (nSPS) is 49.6. The lowest BCUT2D eigenvalue weighted by atomic mass is 9.74. The van der Waals surface area contributed by atoms with Crippen LogP contribution in [-0.4, -0.2) is 125 Å². The molecule has 0 bridgehead atoms. The number of cyclic esters (lactones) is 1. The van der Waals surface area contributed by atoms with Gasteiger partial charge in [0.1, 0.15) is 29.7 Å². The molecule has 0 unspecified atom stereocenters. The molecule has 13 nitrogen and oxygen atoms in total. The van der Waals surface area contributed by atoms with Crippen molar-refractivity contribution in [3.63, 3.8) is 0 Å². The van der Waals surface area contributed by atoms with Crippen molar-refractivity contribution in [1.29, 1.82) is 0 Å². The Morgan fingerprint density at radius 1 is 0.816 bits per heavy atom. The lowest BCUT2D eigenvalue weighted by Gasteiger charge is -2.49. The van der Waals surface area contributed by atoms with Gasteiger partial charge in [-0.2, -0.15) is 0 Å². The highest BCUT2D eigenvalue weighted by Crippen LogP contribution is 2.41. The Hall–Kier alpha value is -1.26. The maximum Gasteiger partial charge on any atom is 0.311 e. The summed E-state index contributed by atoms with van der Waals surface area (Å²) in [5.74, 6) is -4.37. The van der Waals surface area contributed by atoms with E-state index in [-0.39, 0.29) is 31.1 Å². The van der Waals surface area contributed by atoms with E-state index in [1.54, 1.807) is 48.5 Å². The molecule has 4 N–H and O–H groups in total. The molecule has 0 amide bonds. The first-order valence-corrected chi connectivity index (χ1v) is 17.9. The van der Waals surface area contributed by atoms with Gasteiger partial charge in [0.05, 0.1) is 47.6 Å². The Bertz CT molecular complexity index is 1100. The predicted octanol–water partition coefficient (Wildman–Crippen LogP) is 2.90. The first-order valence-electron chi connectivity index (χ1n) is 17.9. The minimum Gasteiger partial charge on any atom is -0.459 e. The number of aliphatic hydroxyl groups is 4. The maximum absolute atomic E-state index is 14.1. The average molecular weight is 705 g/mol. The number of hydrogen-bond donors (Lipinski definition) is 4. The summed E-state index contributed by atoms with van der Waals surface area (Å²) >= 11 is 0. The summed E-state index contributed by atoms with van der Waals surface area (Å²) in [5, 5.41) is 44.8. The van der Waals surface area contributed by atoms with Crippen molar-refractivity contribution in [2.45, 2.75) is 180 Å². The third-order valence-electron chi connectivity index (χ3n) is 11.5. The topological polar surface area (TPSA) is 180 Å². The van der Waals surface area contributed by atoms with Gasteiger partial charge in [0, 0.05) is 38.4 Å². The van der Waals surface area contributed by atoms with Crippen LogP contribution in [-0.2, 0) is 42.7 Å². The van der Waals surface area contributed by atoms with Crippen LogP contribution in [0.15, 0.2) is 0 Å². The van der Waals surface area contributed by atoms with Gasteiger partial charge in [0.15, 0.2) is 12.6 Å². The van der Waals surface area contributed by atoms with E-state index in [9.17, 15) is 30.0 Å². The second-order valence-electron chi connectivity index (χ2n) is 15.5. The Kier molecular flexibility index (Phi) is 14.3. The first-order chi connectivity index (χ1) is 22.7. The molecule has 3 aliphatic heterocycles. The number of ether oxygens (including phenoxy) is 7. The number of aliphatic hydroxyl groups excluding tert-OH is 3. The third-order valence-corrected chi connectivity index (χ3v) is 11.5. The van der Waals surface area contributed by atoms with Gasteiger partial charge in [-0.05, 0) is 67.2 Å². The largest absolute Gasteiger partial charge is 0.459 e. The van der Waals surface area contributed by atoms with E-state index >= 15 is 0 Å². The smallest absolute Gasteiger partial charge is 0.311 e. The fourth-order valence-corrected chi connectivity index (χ4v) is 7.98. The van der Waals surface area contributed by atoms with Gasteiger partial charge in [0.25, 0.3) is 0 Å². The number of rotatable bonds is 7. The maximum atomic E-state index is 14.1. The molecule has 0 spiro atoms. The predicted molar refractivity (Wildman–Crippen MR) is 178 cm³/mol. The summed E-state index contributed by atoms with van der Waals surface area (Å²) in [6, 6.07) is 0. The minimum absolute atomic E-state index is 0.128. The monoisotopic (exact) mass is 704 g/mol. The highest BCUT2D eigenvalue weighted by Gasteiger charge is 2.53. The van der Waals surface area contributed by atoms with Crippen molar-refractivity contribution in [2.75, 3.05) is 14.2 Å². The Labute approximate surface area is 292 Å². The van der Waals surface area contributed by atoms with Crippen LogP contribution in [0.1, 0.15) is 101 Å². The molecule has 17 atom stereocenters. The van der Waals surface area contributed by atoms with E-state index in [0.717, 1.165) is 0 Å². The highest BCUT2D eigenvalue weighted by atomic mass is 16.7. The molecule has 0 aromatic carbocycles. The SMILES string of the molecule is CC[C@H]1OC(=O)[C@H](C)[C@@H](O[C@H]2C[C@@](C)(OC)[C@@H](O)[C@H](C)O2)[C@H](C)[C@@H](O[C@@H]2O[C@H](C)CC[C@H]2O)[C@](C)(OC)C[C@@H](C)C(=O)[C@H](C)[C@@H](O)[C@]1(C)O. The molecule has 3 rings (SSSR count). The van der Waals surface area contributed by atoms with Gasteiger partial charge in [-0.3, -0.25) is 9.59 Å². The number of esters is 1. The fraction of sp³-hybridized carbons (Fsp3) is 0.944. The summed E-state index contributed by atoms with van der Waals surface area (Å²) in [6.45, 7) is 17.0. The van der Waals surface area contributed by atoms with Gasteiger partial charge in [-0.15, -0.1) is 0 Å². The van der Waals surface area contributed by atoms with Crippen LogP contribution in [0.2, 0.25) is 0 Å². The molecule has 0 saturated carbocycles. The molecule has 49 heavy (non-hydrogen) atoms. The van der Waals surface area contributed by atoms with Crippen molar-refractivity contribution in [1.82, 2.24) is 0 Å². The molecule has 3 saturated heterocycles. The molecular formula is C36H64O13. The zero-order valence-electron chi connectivity index (χ0n) is 31.6. The van der Waals surface area contributed by atoms with Crippen LogP contribution in [0.3, 0.4) is 0 Å². The number of Topliss-reactive ketones (excluding diaryl/α,β-unsaturated/α-hetero) is 1. The average Bonchev–Trinajstić information content (AvgIpc) is 3.06. The van der Waals surface area contributed by atoms with Crippen molar-refractivity contribution in [3.8, 4) is 0 Å². The number of ketones is 1. The molecule has 13 heteroatoms. The summed E-state index contributed by atoms with van der Waals surface area (Å²) in [7, 11) is 3.01. The van der Waals surface area contributed by atoms with Gasteiger partial charge >= 0.3 is 5.97 Å². The standard InChI is InChI=1S/C36H64O13/c1-13-25-36(10,42)29(39)20(4)27(38)18(2)16-35(9,44-12)31(49-33-24(37)15-14-19(3)45-33)21(5)28(22(6)32(41)47-25)48-26-17-34(8,43-11)30(40)23(7)46-26/h18-26,28-31,33,37,39-40,42H,13-17H2,1-12H3/t18-,19-,20+,21+,22-,23+,24-,25-,26+,28+,29-,30+,31-,33+,34-,35-,36-/m1/s1. The van der Waals surface area contributed by atoms with Gasteiger partial charge in [-0.1, -0.05) is 27.7 Å². The molecule has 3 fully saturated rings. The minimum atomic E-state index is -1.95. The number of methoxy groups -OCH3 is 2. The van der Waals surface area contributed by atoms with Crippen molar-refractivity contribution >= 4 is 11.8 Å². The summed E-state index contributed by atoms with van der Waals surface area (Å²) in [6.07, 6.45) is -7.78. The van der Waals surface area contributed by atoms with E-state index in [1.165, 1.54) is 21.1 Å². The van der Waals surface area contributed by atoms with Crippen LogP contribution in [0.4, 0.5) is 0 Å². The van der Waals surface area contributed by atoms with Crippen molar-refractivity contribution in [2.24, 2.45) is 23.7 Å². The lowest BCUT2D eigenvalue weighted by molar-refractivity contribution is -0.315. The molecule has 3 aliphatic rings. The molecular weight excluding hydrogens is 640 g/mol. The molecule has 0 radical (unpaired) electrons. The van der Waals surface area contributed by atoms with Crippen molar-refractivity contribution < 1.29 is 63.2 Å². The first kappa shape index (κ1) is 42.2. The van der Waals surface area contributed by atoms with Crippen molar-refractivity contribution in [3.05, 3.63) is 0 Å². The quantitative estimate of drug-likeness (QED) is 0.285. The zero-order chi connectivity index (χ0) is 37.2. The zero-order valence-corrected chi connectivity index (χ0v) is 31.6. The van der Waals surface area contributed by atoms with Crippen LogP contribution < -0.4 is 0 Å². The van der Waals surface area contributed by atoms with Crippen LogP contribution in [0, 0.1) is 23.7 Å². The summed E-state index contributed by atoms with van der Waals surface area (Å²) < 4.78 is 43.3. The second-order valence-corrected chi connectivity index (χ2v) is 15.5. The molecule has 0 aromatic heterocycles. The van der Waals surface area contributed by atoms with E-state index in [4.69, 9.17) is 33.2 Å². The second kappa shape index (κ2) is 16.6. The third kappa shape index (κ3) is 9.04. The Morgan fingerprint density at radius 3 is 2.00 bits per heavy atom. The van der Waals surface area contributed by atoms with E-state index in [2.05, 4.69) is 0 Å². The van der Waals surface area contributed by atoms with E-state index < -0.39 is 102 Å². The fourth-order valence-electron chi connectivity index (χ4n) is 7.98. The molecule has 0 aromatic rings. The summed E-state index contributed by atoms with van der Waals surface area (Å²) in [4.78, 5) is 27.9. The summed E-state index contributed by atoms with van der Waals surface area (Å²) in [5.41, 5.74) is -4.19. The van der Waals surface area contributed by atoms with Gasteiger partial charge in [-0.25, -0.2) is 0 Å². The molecule has 286 valence electrons. The molecule has 3 heterocycles. The van der Waals surface area contributed by atoms with Gasteiger partial charge < -0.3 is 53.6 Å². The highest BCUT2D eigenvalue weighted by molar-refractivity contribution is 5.83. The van der Waals surface area contributed by atoms with Crippen LogP contribution in [0.5, 0.6) is 0 Å². The lowest BCUT2D eigenvalue weighted by Crippen LogP contribution is -2.60. The molecule has 0 aliphatic carbocycles. The Balaban J connectivity index is 2.19.